The summed E-state index contributed by atoms with van der Waals surface area (Å²) in [6, 6.07) is 0. The van der Waals surface area contributed by atoms with Gasteiger partial charge in [0.05, 0.1) is 0 Å². The van der Waals surface area contributed by atoms with Crippen LogP contribution in [0.25, 0.3) is 0 Å². The average molecular weight is 319 g/mol. The second kappa shape index (κ2) is 22.6. The standard InChI is InChI=1S/C18H28.C2H4O.C2H6/c1-6-11-13-16(8-3)14-15-18(10-5)17(9-4)12-7-2;1-2-3;1-2/h6-9,11-13,18H,3,10,14-15H2,1-2,4-5H3;2H,1H3;1-2H3/b11-6-,12-7-,16-13+,17-9+;;. The average Bonchev–Trinajstić information content (AvgIpc) is 2.59. The fourth-order valence-electron chi connectivity index (χ4n) is 2.08. The van der Waals surface area contributed by atoms with E-state index in [-0.39, 0.29) is 0 Å². The van der Waals surface area contributed by atoms with Crippen LogP contribution in [0.2, 0.25) is 0 Å². The van der Waals surface area contributed by atoms with Gasteiger partial charge in [0.15, 0.2) is 0 Å². The van der Waals surface area contributed by atoms with Gasteiger partial charge < -0.3 is 4.79 Å². The molecule has 1 nitrogen and oxygen atoms in total. The summed E-state index contributed by atoms with van der Waals surface area (Å²) in [6.07, 6.45) is 19.1. The van der Waals surface area contributed by atoms with Gasteiger partial charge in [-0.05, 0) is 64.0 Å². The maximum absolute atomic E-state index is 8.81. The van der Waals surface area contributed by atoms with Crippen molar-refractivity contribution in [1.82, 2.24) is 0 Å². The van der Waals surface area contributed by atoms with E-state index in [9.17, 15) is 0 Å². The Balaban J connectivity index is -0.000000710. The van der Waals surface area contributed by atoms with E-state index in [0.29, 0.717) is 5.92 Å². The molecule has 23 heavy (non-hydrogen) atoms. The lowest BCUT2D eigenvalue weighted by Crippen LogP contribution is -2.02. The fourth-order valence-corrected chi connectivity index (χ4v) is 2.08. The van der Waals surface area contributed by atoms with Gasteiger partial charge in [-0.2, -0.15) is 0 Å². The Morgan fingerprint density at radius 3 is 2.00 bits per heavy atom. The Morgan fingerprint density at radius 1 is 1.09 bits per heavy atom. The largest absolute Gasteiger partial charge is 0.304 e. The van der Waals surface area contributed by atoms with Crippen molar-refractivity contribution in [2.24, 2.45) is 5.92 Å². The fraction of sp³-hybridized carbons (Fsp3) is 0.500. The first-order chi connectivity index (χ1) is 11.1. The predicted octanol–water partition coefficient (Wildman–Crippen LogP) is 7.24. The smallest absolute Gasteiger partial charge is 0.116 e. The molecule has 0 saturated carbocycles. The third-order valence-corrected chi connectivity index (χ3v) is 3.20. The first kappa shape index (κ1) is 26.3. The van der Waals surface area contributed by atoms with Gasteiger partial charge in [0.2, 0.25) is 0 Å². The summed E-state index contributed by atoms with van der Waals surface area (Å²) in [5, 5.41) is 0. The lowest BCUT2D eigenvalue weighted by Gasteiger charge is -2.16. The van der Waals surface area contributed by atoms with Crippen molar-refractivity contribution in [3.8, 4) is 0 Å². The predicted molar refractivity (Wildman–Crippen MR) is 108 cm³/mol. The minimum atomic E-state index is 0.653. The Labute approximate surface area is 145 Å². The van der Waals surface area contributed by atoms with Crippen LogP contribution in [0.3, 0.4) is 0 Å². The minimum absolute atomic E-state index is 0.653. The molecule has 0 spiro atoms. The van der Waals surface area contributed by atoms with E-state index in [1.165, 1.54) is 30.9 Å². The lowest BCUT2D eigenvalue weighted by atomic mass is 9.89. The molecule has 0 heterocycles. The van der Waals surface area contributed by atoms with Crippen molar-refractivity contribution >= 4 is 6.29 Å². The van der Waals surface area contributed by atoms with Crippen LogP contribution in [0.15, 0.2) is 60.3 Å². The first-order valence-electron chi connectivity index (χ1n) is 8.77. The van der Waals surface area contributed by atoms with E-state index in [0.717, 1.165) is 12.7 Å². The van der Waals surface area contributed by atoms with Gasteiger partial charge in [0.1, 0.15) is 6.29 Å². The minimum Gasteiger partial charge on any atom is -0.304 e. The number of hydrogen-bond acceptors (Lipinski definition) is 1. The molecule has 0 aromatic heterocycles. The number of aldehydes is 1. The van der Waals surface area contributed by atoms with Gasteiger partial charge in [-0.3, -0.25) is 0 Å². The molecule has 0 fully saturated rings. The van der Waals surface area contributed by atoms with Crippen LogP contribution in [0.4, 0.5) is 0 Å². The number of allylic oxidation sites excluding steroid dienone is 9. The summed E-state index contributed by atoms with van der Waals surface area (Å²) in [4.78, 5) is 8.81. The summed E-state index contributed by atoms with van der Waals surface area (Å²) >= 11 is 0. The SMILES string of the molecule is C=C/C(=C\C=C/C)CCC(CC)C(/C=C\C)=C/C.CC.CC=O. The second-order valence-electron chi connectivity index (χ2n) is 4.64. The highest BCUT2D eigenvalue weighted by Gasteiger charge is 2.09. The zero-order valence-electron chi connectivity index (χ0n) is 16.4. The summed E-state index contributed by atoms with van der Waals surface area (Å²) in [7, 11) is 0. The van der Waals surface area contributed by atoms with E-state index in [1.807, 2.05) is 26.8 Å². The molecule has 0 aromatic rings. The van der Waals surface area contributed by atoms with Crippen LogP contribution in [-0.4, -0.2) is 6.29 Å². The topological polar surface area (TPSA) is 17.1 Å². The Bertz CT molecular complexity index is 381. The van der Waals surface area contributed by atoms with Crippen LogP contribution < -0.4 is 0 Å². The summed E-state index contributed by atoms with van der Waals surface area (Å²) < 4.78 is 0. The second-order valence-corrected chi connectivity index (χ2v) is 4.64. The molecular weight excluding hydrogens is 280 g/mol. The van der Waals surface area contributed by atoms with Crippen LogP contribution >= 0.6 is 0 Å². The summed E-state index contributed by atoms with van der Waals surface area (Å²) in [5.74, 6) is 0.653. The van der Waals surface area contributed by atoms with Crippen LogP contribution in [-0.2, 0) is 4.79 Å². The Kier molecular flexibility index (Phi) is 25.9. The number of hydrogen-bond donors (Lipinski definition) is 0. The monoisotopic (exact) mass is 318 g/mol. The van der Waals surface area contributed by atoms with Gasteiger partial charge >= 0.3 is 0 Å². The van der Waals surface area contributed by atoms with E-state index in [1.54, 1.807) is 0 Å². The number of carbonyl (C=O) groups excluding carboxylic acids is 1. The van der Waals surface area contributed by atoms with E-state index in [2.05, 4.69) is 63.8 Å². The third kappa shape index (κ3) is 16.6. The van der Waals surface area contributed by atoms with Gasteiger partial charge in [0.25, 0.3) is 0 Å². The van der Waals surface area contributed by atoms with E-state index >= 15 is 0 Å². The molecule has 0 amide bonds. The van der Waals surface area contributed by atoms with Gasteiger partial charge in [-0.25, -0.2) is 0 Å². The first-order valence-corrected chi connectivity index (χ1v) is 8.77. The van der Waals surface area contributed by atoms with Crippen molar-refractivity contribution in [3.05, 3.63) is 60.3 Å². The molecule has 0 aliphatic carbocycles. The highest BCUT2D eigenvalue weighted by molar-refractivity contribution is 5.44. The van der Waals surface area contributed by atoms with Crippen LogP contribution in [0, 0.1) is 5.92 Å². The molecule has 132 valence electrons. The molecule has 1 heteroatoms. The highest BCUT2D eigenvalue weighted by Crippen LogP contribution is 2.24. The summed E-state index contributed by atoms with van der Waals surface area (Å²) in [5.41, 5.74) is 2.77. The van der Waals surface area contributed by atoms with Crippen molar-refractivity contribution in [2.75, 3.05) is 0 Å². The number of rotatable bonds is 8. The molecular formula is C22H38O. The molecule has 0 aliphatic rings. The molecule has 1 atom stereocenters. The van der Waals surface area contributed by atoms with Crippen LogP contribution in [0.5, 0.6) is 0 Å². The highest BCUT2D eigenvalue weighted by atomic mass is 16.1. The van der Waals surface area contributed by atoms with E-state index < -0.39 is 0 Å². The molecule has 0 rings (SSSR count). The van der Waals surface area contributed by atoms with Gasteiger partial charge in [0, 0.05) is 0 Å². The van der Waals surface area contributed by atoms with Crippen molar-refractivity contribution in [1.29, 1.82) is 0 Å². The maximum Gasteiger partial charge on any atom is 0.116 e. The molecule has 0 saturated heterocycles. The number of carbonyl (C=O) groups is 1. The normalized spacial score (nSPS) is 13.0. The van der Waals surface area contributed by atoms with E-state index in [4.69, 9.17) is 4.79 Å². The van der Waals surface area contributed by atoms with Crippen molar-refractivity contribution in [2.45, 2.75) is 67.7 Å². The van der Waals surface area contributed by atoms with Gasteiger partial charge in [-0.15, -0.1) is 0 Å². The molecule has 0 bridgehead atoms. The lowest BCUT2D eigenvalue weighted by molar-refractivity contribution is -0.106. The molecule has 0 aromatic carbocycles. The zero-order valence-corrected chi connectivity index (χ0v) is 16.4. The zero-order chi connectivity index (χ0) is 18.5. The third-order valence-electron chi connectivity index (χ3n) is 3.20. The summed E-state index contributed by atoms with van der Waals surface area (Å²) in [6.45, 7) is 17.8. The Hall–Kier alpha value is -1.63. The molecule has 0 N–H and O–H groups in total. The quantitative estimate of drug-likeness (QED) is 0.340. The molecule has 0 radical (unpaired) electrons. The maximum atomic E-state index is 8.81. The molecule has 1 unspecified atom stereocenters. The molecule has 0 aliphatic heterocycles. The van der Waals surface area contributed by atoms with Crippen molar-refractivity contribution < 1.29 is 4.79 Å². The van der Waals surface area contributed by atoms with Crippen molar-refractivity contribution in [3.63, 3.8) is 0 Å². The Morgan fingerprint density at radius 2 is 1.65 bits per heavy atom. The van der Waals surface area contributed by atoms with Crippen LogP contribution in [0.1, 0.15) is 67.7 Å². The van der Waals surface area contributed by atoms with Gasteiger partial charge in [-0.1, -0.05) is 69.9 Å².